The Morgan fingerprint density at radius 1 is 1.17 bits per heavy atom. The lowest BCUT2D eigenvalue weighted by molar-refractivity contribution is 0.102. The molecule has 1 aromatic rings. The Morgan fingerprint density at radius 3 is 2.33 bits per heavy atom. The molecular formula is C15H24N2S. The summed E-state index contributed by atoms with van der Waals surface area (Å²) in [6.07, 6.45) is 0. The summed E-state index contributed by atoms with van der Waals surface area (Å²) in [7, 11) is 0. The van der Waals surface area contributed by atoms with Crippen LogP contribution in [0.1, 0.15) is 26.3 Å². The molecule has 1 N–H and O–H groups in total. The van der Waals surface area contributed by atoms with Gasteiger partial charge in [-0.1, -0.05) is 19.1 Å². The van der Waals surface area contributed by atoms with E-state index in [9.17, 15) is 0 Å². The second-order valence-electron chi connectivity index (χ2n) is 5.25. The zero-order valence-electron chi connectivity index (χ0n) is 11.7. The van der Waals surface area contributed by atoms with Gasteiger partial charge in [-0.2, -0.15) is 0 Å². The molecule has 0 saturated carbocycles. The molecule has 1 aromatic carbocycles. The molecule has 1 aliphatic rings. The fourth-order valence-corrected chi connectivity index (χ4v) is 3.19. The van der Waals surface area contributed by atoms with Crippen molar-refractivity contribution in [2.45, 2.75) is 31.2 Å². The first-order chi connectivity index (χ1) is 8.64. The van der Waals surface area contributed by atoms with Crippen LogP contribution < -0.4 is 5.32 Å². The first-order valence-electron chi connectivity index (χ1n) is 6.83. The number of benzene rings is 1. The van der Waals surface area contributed by atoms with E-state index in [0.717, 1.165) is 31.9 Å². The molecule has 0 radical (unpaired) electrons. The van der Waals surface area contributed by atoms with Gasteiger partial charge < -0.3 is 5.32 Å². The van der Waals surface area contributed by atoms with Crippen LogP contribution in [-0.4, -0.2) is 36.8 Å². The van der Waals surface area contributed by atoms with Crippen molar-refractivity contribution in [2.75, 3.05) is 31.9 Å². The maximum Gasteiger partial charge on any atom is 0.0405 e. The third-order valence-corrected chi connectivity index (χ3v) is 4.67. The molecule has 0 bridgehead atoms. The SMILES string of the molecule is CCSc1ccc(C(C)(C)N2CCNCC2)cc1. The standard InChI is InChI=1S/C15H24N2S/c1-4-18-14-7-5-13(6-8-14)15(2,3)17-11-9-16-10-12-17/h5-8,16H,4,9-12H2,1-3H3. The minimum atomic E-state index is 0.136. The lowest BCUT2D eigenvalue weighted by Crippen LogP contribution is -2.51. The second kappa shape index (κ2) is 6.09. The normalized spacial score (nSPS) is 17.9. The molecule has 2 nitrogen and oxygen atoms in total. The van der Waals surface area contributed by atoms with E-state index in [0.29, 0.717) is 0 Å². The van der Waals surface area contributed by atoms with Crippen LogP contribution in [0, 0.1) is 0 Å². The Balaban J connectivity index is 2.12. The molecule has 0 aromatic heterocycles. The fraction of sp³-hybridized carbons (Fsp3) is 0.600. The van der Waals surface area contributed by atoms with Gasteiger partial charge in [0.15, 0.2) is 0 Å². The summed E-state index contributed by atoms with van der Waals surface area (Å²) in [5.41, 5.74) is 1.56. The van der Waals surface area contributed by atoms with Crippen molar-refractivity contribution < 1.29 is 0 Å². The molecule has 0 unspecified atom stereocenters. The van der Waals surface area contributed by atoms with Crippen LogP contribution in [0.2, 0.25) is 0 Å². The van der Waals surface area contributed by atoms with E-state index in [1.54, 1.807) is 0 Å². The molecule has 0 atom stereocenters. The van der Waals surface area contributed by atoms with Crippen LogP contribution in [0.3, 0.4) is 0 Å². The number of thioether (sulfide) groups is 1. The van der Waals surface area contributed by atoms with E-state index in [1.165, 1.54) is 10.5 Å². The lowest BCUT2D eigenvalue weighted by Gasteiger charge is -2.41. The van der Waals surface area contributed by atoms with Crippen molar-refractivity contribution in [1.29, 1.82) is 0 Å². The third kappa shape index (κ3) is 3.08. The highest BCUT2D eigenvalue weighted by Crippen LogP contribution is 2.29. The summed E-state index contributed by atoms with van der Waals surface area (Å²) in [5, 5.41) is 3.42. The summed E-state index contributed by atoms with van der Waals surface area (Å²) in [5.74, 6) is 1.14. The van der Waals surface area contributed by atoms with Crippen molar-refractivity contribution in [2.24, 2.45) is 0 Å². The molecule has 0 amide bonds. The van der Waals surface area contributed by atoms with Gasteiger partial charge in [-0.25, -0.2) is 0 Å². The Labute approximate surface area is 115 Å². The van der Waals surface area contributed by atoms with Gasteiger partial charge in [0, 0.05) is 36.6 Å². The number of nitrogens with one attached hydrogen (secondary N) is 1. The second-order valence-corrected chi connectivity index (χ2v) is 6.59. The quantitative estimate of drug-likeness (QED) is 0.842. The highest BCUT2D eigenvalue weighted by molar-refractivity contribution is 7.99. The van der Waals surface area contributed by atoms with Crippen LogP contribution in [-0.2, 0) is 5.54 Å². The number of hydrogen-bond acceptors (Lipinski definition) is 3. The van der Waals surface area contributed by atoms with Crippen LogP contribution in [0.4, 0.5) is 0 Å². The Kier molecular flexibility index (Phi) is 4.71. The number of piperazine rings is 1. The topological polar surface area (TPSA) is 15.3 Å². The fourth-order valence-electron chi connectivity index (χ4n) is 2.53. The summed E-state index contributed by atoms with van der Waals surface area (Å²) in [6, 6.07) is 9.10. The lowest BCUT2D eigenvalue weighted by atomic mass is 9.91. The van der Waals surface area contributed by atoms with Crippen molar-refractivity contribution in [3.8, 4) is 0 Å². The van der Waals surface area contributed by atoms with Crippen LogP contribution in [0.25, 0.3) is 0 Å². The molecule has 1 fully saturated rings. The zero-order valence-corrected chi connectivity index (χ0v) is 12.5. The van der Waals surface area contributed by atoms with Gasteiger partial charge in [-0.3, -0.25) is 4.90 Å². The van der Waals surface area contributed by atoms with Gasteiger partial charge in [0.25, 0.3) is 0 Å². The number of nitrogens with zero attached hydrogens (tertiary/aromatic N) is 1. The average Bonchev–Trinajstić information content (AvgIpc) is 2.41. The smallest absolute Gasteiger partial charge is 0.0405 e. The maximum absolute atomic E-state index is 3.42. The van der Waals surface area contributed by atoms with E-state index in [2.05, 4.69) is 55.3 Å². The summed E-state index contributed by atoms with van der Waals surface area (Å²) < 4.78 is 0. The van der Waals surface area contributed by atoms with Crippen LogP contribution in [0.15, 0.2) is 29.2 Å². The van der Waals surface area contributed by atoms with E-state index in [1.807, 2.05) is 11.8 Å². The van der Waals surface area contributed by atoms with E-state index in [4.69, 9.17) is 0 Å². The van der Waals surface area contributed by atoms with E-state index >= 15 is 0 Å². The van der Waals surface area contributed by atoms with E-state index in [-0.39, 0.29) is 5.54 Å². The van der Waals surface area contributed by atoms with Gasteiger partial charge in [0.05, 0.1) is 0 Å². The van der Waals surface area contributed by atoms with Gasteiger partial charge in [-0.15, -0.1) is 11.8 Å². The molecule has 2 rings (SSSR count). The van der Waals surface area contributed by atoms with E-state index < -0.39 is 0 Å². The molecule has 0 aliphatic carbocycles. The summed E-state index contributed by atoms with van der Waals surface area (Å²) >= 11 is 1.91. The molecule has 3 heteroatoms. The Bertz CT molecular complexity index is 367. The van der Waals surface area contributed by atoms with Crippen molar-refractivity contribution >= 4 is 11.8 Å². The minimum Gasteiger partial charge on any atom is -0.314 e. The number of rotatable bonds is 4. The van der Waals surface area contributed by atoms with Crippen LogP contribution in [0.5, 0.6) is 0 Å². The highest BCUT2D eigenvalue weighted by Gasteiger charge is 2.29. The van der Waals surface area contributed by atoms with Gasteiger partial charge in [0.1, 0.15) is 0 Å². The largest absolute Gasteiger partial charge is 0.314 e. The number of hydrogen-bond donors (Lipinski definition) is 1. The predicted octanol–water partition coefficient (Wildman–Crippen LogP) is 2.94. The van der Waals surface area contributed by atoms with Gasteiger partial charge >= 0.3 is 0 Å². The average molecular weight is 264 g/mol. The molecule has 1 aliphatic heterocycles. The highest BCUT2D eigenvalue weighted by atomic mass is 32.2. The van der Waals surface area contributed by atoms with Gasteiger partial charge in [-0.05, 0) is 37.3 Å². The molecule has 0 spiro atoms. The Hall–Kier alpha value is -0.510. The zero-order chi connectivity index (χ0) is 13.0. The minimum absolute atomic E-state index is 0.136. The first-order valence-corrected chi connectivity index (χ1v) is 7.82. The molecule has 1 heterocycles. The van der Waals surface area contributed by atoms with Crippen molar-refractivity contribution in [3.63, 3.8) is 0 Å². The third-order valence-electron chi connectivity index (χ3n) is 3.78. The molecule has 100 valence electrons. The molecule has 18 heavy (non-hydrogen) atoms. The maximum atomic E-state index is 3.42. The molecule has 1 saturated heterocycles. The monoisotopic (exact) mass is 264 g/mol. The summed E-state index contributed by atoms with van der Waals surface area (Å²) in [4.78, 5) is 3.95. The predicted molar refractivity (Wildman–Crippen MR) is 80.3 cm³/mol. The van der Waals surface area contributed by atoms with Crippen LogP contribution >= 0.6 is 11.8 Å². The van der Waals surface area contributed by atoms with Crippen molar-refractivity contribution in [1.82, 2.24) is 10.2 Å². The summed E-state index contributed by atoms with van der Waals surface area (Å²) in [6.45, 7) is 11.3. The first kappa shape index (κ1) is 13.9. The van der Waals surface area contributed by atoms with Crippen molar-refractivity contribution in [3.05, 3.63) is 29.8 Å². The molecular weight excluding hydrogens is 240 g/mol. The Morgan fingerprint density at radius 2 is 1.78 bits per heavy atom. The van der Waals surface area contributed by atoms with Gasteiger partial charge in [0.2, 0.25) is 0 Å².